The summed E-state index contributed by atoms with van der Waals surface area (Å²) >= 11 is 0. The summed E-state index contributed by atoms with van der Waals surface area (Å²) in [6.45, 7) is 3.19. The third-order valence-corrected chi connectivity index (χ3v) is 5.19. The molecule has 0 unspecified atom stereocenters. The fraction of sp³-hybridized carbons (Fsp3) is 0.357. The van der Waals surface area contributed by atoms with Crippen LogP contribution in [0.4, 0.5) is 4.79 Å². The van der Waals surface area contributed by atoms with E-state index in [1.165, 1.54) is 4.31 Å². The van der Waals surface area contributed by atoms with Gasteiger partial charge in [-0.15, -0.1) is 0 Å². The van der Waals surface area contributed by atoms with Gasteiger partial charge >= 0.3 is 6.03 Å². The molecule has 0 radical (unpaired) electrons. The molecule has 0 saturated carbocycles. The van der Waals surface area contributed by atoms with Crippen molar-refractivity contribution >= 4 is 16.1 Å². The highest BCUT2D eigenvalue weighted by atomic mass is 32.2. The molecule has 1 fully saturated rings. The lowest BCUT2D eigenvalue weighted by atomic mass is 10.4. The molecule has 0 bridgehead atoms. The van der Waals surface area contributed by atoms with Crippen molar-refractivity contribution in [3.05, 3.63) is 42.6 Å². The number of hydrogen-bond donors (Lipinski definition) is 1. The molecule has 0 atom stereocenters. The van der Waals surface area contributed by atoms with Crippen molar-refractivity contribution in [1.82, 2.24) is 14.5 Å². The standard InChI is InChI=1S/C14H19N3O3S/c1-2-8-15-14(18)16-9-11-17(12-10-16)21(19,20)13-6-4-3-5-7-13/h2-8H,9-12H2,1H3,(H,15,18)/b8-2+. The number of nitrogens with zero attached hydrogens (tertiary/aromatic N) is 2. The minimum absolute atomic E-state index is 0.204. The molecular formula is C14H19N3O3S. The Morgan fingerprint density at radius 2 is 1.76 bits per heavy atom. The van der Waals surface area contributed by atoms with Crippen LogP contribution < -0.4 is 5.32 Å². The first kappa shape index (κ1) is 15.5. The van der Waals surface area contributed by atoms with Crippen LogP contribution in [-0.2, 0) is 10.0 Å². The Bertz CT molecular complexity index is 606. The third-order valence-electron chi connectivity index (χ3n) is 3.28. The molecule has 1 heterocycles. The molecule has 7 heteroatoms. The number of urea groups is 1. The van der Waals surface area contributed by atoms with E-state index in [2.05, 4.69) is 5.32 Å². The number of benzene rings is 1. The summed E-state index contributed by atoms with van der Waals surface area (Å²) in [5.41, 5.74) is 0. The van der Waals surface area contributed by atoms with Gasteiger partial charge in [0.25, 0.3) is 0 Å². The zero-order chi connectivity index (χ0) is 15.3. The van der Waals surface area contributed by atoms with Crippen LogP contribution in [0.3, 0.4) is 0 Å². The number of carbonyl (C=O) groups excluding carboxylic acids is 1. The predicted molar refractivity (Wildman–Crippen MR) is 80.1 cm³/mol. The van der Waals surface area contributed by atoms with E-state index >= 15 is 0 Å². The van der Waals surface area contributed by atoms with Crippen molar-refractivity contribution in [2.24, 2.45) is 0 Å². The summed E-state index contributed by atoms with van der Waals surface area (Å²) in [5, 5.41) is 2.63. The molecule has 114 valence electrons. The molecule has 1 aliphatic rings. The second-order valence-corrected chi connectivity index (χ2v) is 6.59. The Morgan fingerprint density at radius 3 is 2.33 bits per heavy atom. The molecule has 1 N–H and O–H groups in total. The summed E-state index contributed by atoms with van der Waals surface area (Å²) in [4.78, 5) is 13.7. The van der Waals surface area contributed by atoms with E-state index in [4.69, 9.17) is 0 Å². The Balaban J connectivity index is 1.99. The van der Waals surface area contributed by atoms with Gasteiger partial charge in [0.1, 0.15) is 0 Å². The van der Waals surface area contributed by atoms with Gasteiger partial charge in [-0.2, -0.15) is 4.31 Å². The number of nitrogens with one attached hydrogen (secondary N) is 1. The Hall–Kier alpha value is -1.86. The number of carbonyl (C=O) groups is 1. The number of sulfonamides is 1. The van der Waals surface area contributed by atoms with E-state index in [0.29, 0.717) is 26.2 Å². The summed E-state index contributed by atoms with van der Waals surface area (Å²) in [5.74, 6) is 0. The first-order valence-electron chi connectivity index (χ1n) is 6.77. The summed E-state index contributed by atoms with van der Waals surface area (Å²) < 4.78 is 26.3. The van der Waals surface area contributed by atoms with Crippen molar-refractivity contribution in [2.45, 2.75) is 11.8 Å². The summed E-state index contributed by atoms with van der Waals surface area (Å²) in [7, 11) is -3.47. The third kappa shape index (κ3) is 3.62. The largest absolute Gasteiger partial charge is 0.322 e. The van der Waals surface area contributed by atoms with E-state index in [9.17, 15) is 13.2 Å². The van der Waals surface area contributed by atoms with E-state index in [0.717, 1.165) is 0 Å². The fourth-order valence-electron chi connectivity index (χ4n) is 2.12. The van der Waals surface area contributed by atoms with Gasteiger partial charge in [0.2, 0.25) is 10.0 Å². The molecule has 0 aromatic heterocycles. The first-order chi connectivity index (χ1) is 10.1. The van der Waals surface area contributed by atoms with E-state index in [1.807, 2.05) is 6.92 Å². The summed E-state index contributed by atoms with van der Waals surface area (Å²) in [6.07, 6.45) is 3.30. The van der Waals surface area contributed by atoms with Gasteiger partial charge in [-0.05, 0) is 19.1 Å². The Morgan fingerprint density at radius 1 is 1.14 bits per heavy atom. The van der Waals surface area contributed by atoms with E-state index in [-0.39, 0.29) is 10.9 Å². The first-order valence-corrected chi connectivity index (χ1v) is 8.21. The topological polar surface area (TPSA) is 69.7 Å². The second-order valence-electron chi connectivity index (χ2n) is 4.65. The predicted octanol–water partition coefficient (Wildman–Crippen LogP) is 1.24. The number of allylic oxidation sites excluding steroid dienone is 1. The summed E-state index contributed by atoms with van der Waals surface area (Å²) in [6, 6.07) is 8.15. The van der Waals surface area contributed by atoms with Crippen molar-refractivity contribution in [1.29, 1.82) is 0 Å². The van der Waals surface area contributed by atoms with Gasteiger partial charge in [-0.25, -0.2) is 13.2 Å². The van der Waals surface area contributed by atoms with Gasteiger partial charge in [-0.3, -0.25) is 0 Å². The van der Waals surface area contributed by atoms with E-state index in [1.54, 1.807) is 47.5 Å². The highest BCUT2D eigenvalue weighted by Crippen LogP contribution is 2.17. The molecule has 0 spiro atoms. The molecule has 21 heavy (non-hydrogen) atoms. The van der Waals surface area contributed by atoms with E-state index < -0.39 is 10.0 Å². The minimum atomic E-state index is -3.47. The van der Waals surface area contributed by atoms with Crippen LogP contribution in [0, 0.1) is 0 Å². The van der Waals surface area contributed by atoms with Gasteiger partial charge in [0.05, 0.1) is 4.90 Å². The monoisotopic (exact) mass is 309 g/mol. The number of amides is 2. The average molecular weight is 309 g/mol. The second kappa shape index (κ2) is 6.73. The van der Waals surface area contributed by atoms with Gasteiger partial charge in [0.15, 0.2) is 0 Å². The van der Waals surface area contributed by atoms with Gasteiger partial charge < -0.3 is 10.2 Å². The Labute approximate surface area is 125 Å². The molecule has 1 aromatic carbocycles. The van der Waals surface area contributed by atoms with Gasteiger partial charge in [0, 0.05) is 32.4 Å². The quantitative estimate of drug-likeness (QED) is 0.913. The molecule has 6 nitrogen and oxygen atoms in total. The average Bonchev–Trinajstić information content (AvgIpc) is 2.53. The molecule has 1 aromatic rings. The minimum Gasteiger partial charge on any atom is -0.322 e. The van der Waals surface area contributed by atoms with Crippen LogP contribution in [0.25, 0.3) is 0 Å². The van der Waals surface area contributed by atoms with Crippen LogP contribution in [0.1, 0.15) is 6.92 Å². The molecule has 0 aliphatic carbocycles. The number of hydrogen-bond acceptors (Lipinski definition) is 3. The van der Waals surface area contributed by atoms with Crippen LogP contribution >= 0.6 is 0 Å². The maximum Gasteiger partial charge on any atom is 0.321 e. The molecule has 1 saturated heterocycles. The Kier molecular flexibility index (Phi) is 4.98. The highest BCUT2D eigenvalue weighted by Gasteiger charge is 2.29. The fourth-order valence-corrected chi connectivity index (χ4v) is 3.56. The van der Waals surface area contributed by atoms with Crippen LogP contribution in [-0.4, -0.2) is 49.8 Å². The maximum atomic E-state index is 12.4. The van der Waals surface area contributed by atoms with Crippen LogP contribution in [0.2, 0.25) is 0 Å². The zero-order valence-electron chi connectivity index (χ0n) is 11.9. The van der Waals surface area contributed by atoms with Gasteiger partial charge in [-0.1, -0.05) is 24.3 Å². The zero-order valence-corrected chi connectivity index (χ0v) is 12.7. The number of rotatable bonds is 3. The molecule has 2 amide bonds. The SMILES string of the molecule is C/C=C/NC(=O)N1CCN(S(=O)(=O)c2ccccc2)CC1. The number of piperazine rings is 1. The lowest BCUT2D eigenvalue weighted by molar-refractivity contribution is 0.175. The van der Waals surface area contributed by atoms with Crippen molar-refractivity contribution in [3.63, 3.8) is 0 Å². The highest BCUT2D eigenvalue weighted by molar-refractivity contribution is 7.89. The smallest absolute Gasteiger partial charge is 0.321 e. The lowest BCUT2D eigenvalue weighted by Crippen LogP contribution is -2.52. The molecule has 2 rings (SSSR count). The maximum absolute atomic E-state index is 12.4. The van der Waals surface area contributed by atoms with Crippen molar-refractivity contribution < 1.29 is 13.2 Å². The van der Waals surface area contributed by atoms with Crippen molar-refractivity contribution in [2.75, 3.05) is 26.2 Å². The lowest BCUT2D eigenvalue weighted by Gasteiger charge is -2.33. The normalized spacial score (nSPS) is 17.1. The van der Waals surface area contributed by atoms with Crippen LogP contribution in [0.5, 0.6) is 0 Å². The van der Waals surface area contributed by atoms with Crippen LogP contribution in [0.15, 0.2) is 47.5 Å². The molecule has 1 aliphatic heterocycles. The molecular weight excluding hydrogens is 290 g/mol. The van der Waals surface area contributed by atoms with Crippen molar-refractivity contribution in [3.8, 4) is 0 Å².